The lowest BCUT2D eigenvalue weighted by molar-refractivity contribution is -0.384. The highest BCUT2D eigenvalue weighted by molar-refractivity contribution is 7.14. The Morgan fingerprint density at radius 3 is 2.74 bits per heavy atom. The van der Waals surface area contributed by atoms with Crippen molar-refractivity contribution >= 4 is 39.7 Å². The number of amides is 2. The molecule has 2 heterocycles. The van der Waals surface area contributed by atoms with Crippen LogP contribution in [0.3, 0.4) is 0 Å². The molecule has 0 saturated carbocycles. The zero-order valence-electron chi connectivity index (χ0n) is 14.0. The van der Waals surface area contributed by atoms with Crippen LogP contribution in [0, 0.1) is 10.1 Å². The maximum atomic E-state index is 12.5. The van der Waals surface area contributed by atoms with Gasteiger partial charge in [0.2, 0.25) is 0 Å². The third kappa shape index (κ3) is 3.77. The van der Waals surface area contributed by atoms with Crippen molar-refractivity contribution in [2.75, 3.05) is 17.7 Å². The average molecular weight is 386 g/mol. The Morgan fingerprint density at radius 1 is 1.33 bits per heavy atom. The Bertz CT molecular complexity index is 1040. The predicted octanol–water partition coefficient (Wildman–Crippen LogP) is 2.44. The summed E-state index contributed by atoms with van der Waals surface area (Å²) in [6.45, 7) is 0. The number of benzene rings is 1. The number of non-ortho nitro benzene ring substituents is 1. The second-order valence-corrected chi connectivity index (χ2v) is 6.25. The monoisotopic (exact) mass is 386 g/mol. The van der Waals surface area contributed by atoms with E-state index >= 15 is 0 Å². The van der Waals surface area contributed by atoms with Crippen LogP contribution >= 0.6 is 11.3 Å². The van der Waals surface area contributed by atoms with Crippen LogP contribution < -0.4 is 16.4 Å². The van der Waals surface area contributed by atoms with E-state index in [1.807, 2.05) is 0 Å². The number of thiazole rings is 1. The summed E-state index contributed by atoms with van der Waals surface area (Å²) >= 11 is 1.18. The van der Waals surface area contributed by atoms with Gasteiger partial charge < -0.3 is 16.0 Å². The number of carbonyl (C=O) groups is 2. The van der Waals surface area contributed by atoms with Crippen molar-refractivity contribution in [3.05, 3.63) is 57.2 Å². The van der Waals surface area contributed by atoms with Gasteiger partial charge in [-0.1, -0.05) is 0 Å². The number of carbonyl (C=O) groups excluding carboxylic acids is 2. The van der Waals surface area contributed by atoms with E-state index in [-0.39, 0.29) is 16.9 Å². The molecule has 3 rings (SSSR count). The first-order chi connectivity index (χ1) is 12.9. The lowest BCUT2D eigenvalue weighted by Gasteiger charge is -2.08. The number of nitrogens with one attached hydrogen (secondary N) is 3. The number of H-pyrrole nitrogens is 1. The first-order valence-corrected chi connectivity index (χ1v) is 8.48. The van der Waals surface area contributed by atoms with Crippen LogP contribution in [0.15, 0.2) is 35.8 Å². The minimum atomic E-state index is -0.588. The summed E-state index contributed by atoms with van der Waals surface area (Å²) in [4.78, 5) is 41.1. The zero-order chi connectivity index (χ0) is 19.6. The van der Waals surface area contributed by atoms with Gasteiger partial charge in [0.1, 0.15) is 5.69 Å². The minimum absolute atomic E-state index is 0.126. The summed E-state index contributed by atoms with van der Waals surface area (Å²) in [5, 5.41) is 18.4. The molecule has 10 nitrogen and oxygen atoms in total. The van der Waals surface area contributed by atoms with Crippen LogP contribution in [-0.4, -0.2) is 33.8 Å². The normalized spacial score (nSPS) is 10.4. The number of nitro groups is 1. The highest BCUT2D eigenvalue weighted by Gasteiger charge is 2.18. The number of nitrogens with zero attached hydrogens (tertiary/aromatic N) is 2. The molecule has 0 aliphatic carbocycles. The second-order valence-electron chi connectivity index (χ2n) is 5.40. The van der Waals surface area contributed by atoms with Crippen LogP contribution in [0.4, 0.5) is 16.5 Å². The molecule has 0 spiro atoms. The van der Waals surface area contributed by atoms with E-state index in [0.29, 0.717) is 22.1 Å². The van der Waals surface area contributed by atoms with E-state index in [1.54, 1.807) is 24.7 Å². The largest absolute Gasteiger partial charge is 0.387 e. The van der Waals surface area contributed by atoms with Crippen molar-refractivity contribution in [3.63, 3.8) is 0 Å². The van der Waals surface area contributed by atoms with Gasteiger partial charge in [-0.15, -0.1) is 11.3 Å². The standard InChI is InChI=1S/C16H14N6O4S/c1-18-11-3-2-9(22(25)26)5-10(11)15(24)21-16-20-13(7-27-16)8-4-12(14(17)23)19-6-8/h2-7,18-19H,1H3,(H2,17,23)(H,20,21,24). The Morgan fingerprint density at radius 2 is 2.11 bits per heavy atom. The maximum absolute atomic E-state index is 12.5. The third-order valence-corrected chi connectivity index (χ3v) is 4.45. The van der Waals surface area contributed by atoms with Gasteiger partial charge in [-0.3, -0.25) is 25.0 Å². The van der Waals surface area contributed by atoms with Crippen molar-refractivity contribution < 1.29 is 14.5 Å². The lowest BCUT2D eigenvalue weighted by atomic mass is 10.1. The lowest BCUT2D eigenvalue weighted by Crippen LogP contribution is -2.14. The molecule has 0 aliphatic rings. The van der Waals surface area contributed by atoms with E-state index in [2.05, 4.69) is 20.6 Å². The summed E-state index contributed by atoms with van der Waals surface area (Å²) in [5.41, 5.74) is 7.03. The number of nitro benzene ring substituents is 1. The fourth-order valence-corrected chi connectivity index (χ4v) is 3.08. The molecule has 0 aliphatic heterocycles. The van der Waals surface area contributed by atoms with Crippen LogP contribution in [0.5, 0.6) is 0 Å². The first-order valence-electron chi connectivity index (χ1n) is 7.60. The van der Waals surface area contributed by atoms with Gasteiger partial charge in [0.05, 0.1) is 16.2 Å². The molecule has 0 fully saturated rings. The molecule has 0 bridgehead atoms. The molecule has 27 heavy (non-hydrogen) atoms. The highest BCUT2D eigenvalue weighted by Crippen LogP contribution is 2.27. The van der Waals surface area contributed by atoms with E-state index in [1.165, 1.54) is 29.5 Å². The van der Waals surface area contributed by atoms with E-state index in [9.17, 15) is 19.7 Å². The molecule has 1 aromatic carbocycles. The first kappa shape index (κ1) is 18.1. The molecule has 0 unspecified atom stereocenters. The van der Waals surface area contributed by atoms with Crippen molar-refractivity contribution in [1.82, 2.24) is 9.97 Å². The Hall–Kier alpha value is -3.73. The third-order valence-electron chi connectivity index (χ3n) is 3.70. The molecule has 138 valence electrons. The van der Waals surface area contributed by atoms with Crippen molar-refractivity contribution in [1.29, 1.82) is 0 Å². The van der Waals surface area contributed by atoms with E-state index < -0.39 is 16.7 Å². The van der Waals surface area contributed by atoms with Crippen molar-refractivity contribution in [2.24, 2.45) is 5.73 Å². The number of nitrogens with two attached hydrogens (primary N) is 1. The van der Waals surface area contributed by atoms with E-state index in [0.717, 1.165) is 0 Å². The summed E-state index contributed by atoms with van der Waals surface area (Å²) < 4.78 is 0. The van der Waals surface area contributed by atoms with Gasteiger partial charge in [0, 0.05) is 42.0 Å². The van der Waals surface area contributed by atoms with Crippen LogP contribution in [0.2, 0.25) is 0 Å². The van der Waals surface area contributed by atoms with Crippen LogP contribution in [0.25, 0.3) is 11.3 Å². The molecule has 11 heteroatoms. The number of aromatic amines is 1. The summed E-state index contributed by atoms with van der Waals surface area (Å²) in [6, 6.07) is 5.53. The van der Waals surface area contributed by atoms with Gasteiger partial charge >= 0.3 is 0 Å². The second kappa shape index (κ2) is 7.25. The Balaban J connectivity index is 1.82. The fourth-order valence-electron chi connectivity index (χ4n) is 2.36. The fraction of sp³-hybridized carbons (Fsp3) is 0.0625. The predicted molar refractivity (Wildman–Crippen MR) is 101 cm³/mol. The molecular weight excluding hydrogens is 372 g/mol. The summed E-state index contributed by atoms with van der Waals surface area (Å²) in [5.74, 6) is -1.12. The van der Waals surface area contributed by atoms with Gasteiger partial charge in [-0.2, -0.15) is 0 Å². The Kier molecular flexibility index (Phi) is 4.86. The number of hydrogen-bond donors (Lipinski definition) is 4. The number of rotatable bonds is 6. The summed E-state index contributed by atoms with van der Waals surface area (Å²) in [6.07, 6.45) is 1.58. The van der Waals surface area contributed by atoms with Crippen LogP contribution in [0.1, 0.15) is 20.8 Å². The maximum Gasteiger partial charge on any atom is 0.270 e. The summed E-state index contributed by atoms with van der Waals surface area (Å²) in [7, 11) is 1.61. The minimum Gasteiger partial charge on any atom is -0.387 e. The quantitative estimate of drug-likeness (QED) is 0.376. The van der Waals surface area contributed by atoms with Gasteiger partial charge in [-0.05, 0) is 12.1 Å². The van der Waals surface area contributed by atoms with Gasteiger partial charge in [0.25, 0.3) is 17.5 Å². The highest BCUT2D eigenvalue weighted by atomic mass is 32.1. The molecule has 2 amide bonds. The molecule has 3 aromatic rings. The van der Waals surface area contributed by atoms with E-state index in [4.69, 9.17) is 5.73 Å². The average Bonchev–Trinajstić information content (AvgIpc) is 3.30. The van der Waals surface area contributed by atoms with Crippen molar-refractivity contribution in [2.45, 2.75) is 0 Å². The van der Waals surface area contributed by atoms with Crippen molar-refractivity contribution in [3.8, 4) is 11.3 Å². The van der Waals surface area contributed by atoms with Gasteiger partial charge in [-0.25, -0.2) is 4.98 Å². The smallest absolute Gasteiger partial charge is 0.270 e. The molecule has 0 atom stereocenters. The number of hydrogen-bond acceptors (Lipinski definition) is 7. The van der Waals surface area contributed by atoms with Crippen LogP contribution in [-0.2, 0) is 0 Å². The molecule has 5 N–H and O–H groups in total. The number of anilines is 2. The molecular formula is C16H14N6O4S. The molecule has 0 saturated heterocycles. The topological polar surface area (TPSA) is 156 Å². The molecule has 2 aromatic heterocycles. The SMILES string of the molecule is CNc1ccc([N+](=O)[O-])cc1C(=O)Nc1nc(-c2c[nH]c(C(N)=O)c2)cs1. The zero-order valence-corrected chi connectivity index (χ0v) is 14.8. The number of aromatic nitrogens is 2. The molecule has 0 radical (unpaired) electrons. The Labute approximate surface area is 156 Å². The number of primary amides is 1. The van der Waals surface area contributed by atoms with Gasteiger partial charge in [0.15, 0.2) is 5.13 Å².